The van der Waals surface area contributed by atoms with Crippen molar-refractivity contribution in [2.75, 3.05) is 0 Å². The number of hydrogen-bond acceptors (Lipinski definition) is 3. The number of halogens is 1. The average molecular weight is 295 g/mol. The smallest absolute Gasteiger partial charge is 0.262 e. The van der Waals surface area contributed by atoms with E-state index >= 15 is 0 Å². The number of pyridine rings is 1. The lowest BCUT2D eigenvalue weighted by molar-refractivity contribution is -0.129. The van der Waals surface area contributed by atoms with Gasteiger partial charge in [-0.15, -0.1) is 5.92 Å². The number of rotatable bonds is 5. The molecule has 108 valence electrons. The minimum Gasteiger partial charge on any atom is -0.479 e. The highest BCUT2D eigenvalue weighted by atomic mass is 35.5. The van der Waals surface area contributed by atoms with Gasteiger partial charge < -0.3 is 10.1 Å². The molecular formula is C15H19ClN2O2. The van der Waals surface area contributed by atoms with E-state index in [1.807, 2.05) is 20.8 Å². The molecule has 0 saturated carbocycles. The van der Waals surface area contributed by atoms with Gasteiger partial charge in [-0.2, -0.15) is 0 Å². The topological polar surface area (TPSA) is 51.2 Å². The molecule has 0 bridgehead atoms. The summed E-state index contributed by atoms with van der Waals surface area (Å²) in [6.07, 6.45) is 2.97. The van der Waals surface area contributed by atoms with Crippen LogP contribution in [0.4, 0.5) is 0 Å². The summed E-state index contributed by atoms with van der Waals surface area (Å²) in [6.45, 7) is 7.30. The van der Waals surface area contributed by atoms with E-state index in [0.717, 1.165) is 0 Å². The maximum Gasteiger partial charge on any atom is 0.262 e. The van der Waals surface area contributed by atoms with Crippen LogP contribution in [-0.4, -0.2) is 22.5 Å². The molecule has 1 atom stereocenters. The SMILES string of the molecule is CC#CC(C)(C)NC(=O)C(CC)Oc1cncc(Cl)c1. The number of ether oxygens (including phenoxy) is 1. The first-order valence-corrected chi connectivity index (χ1v) is 6.79. The van der Waals surface area contributed by atoms with Crippen LogP contribution in [0.15, 0.2) is 18.5 Å². The maximum absolute atomic E-state index is 12.2. The van der Waals surface area contributed by atoms with Crippen LogP contribution in [0.25, 0.3) is 0 Å². The van der Waals surface area contributed by atoms with Crippen molar-refractivity contribution < 1.29 is 9.53 Å². The van der Waals surface area contributed by atoms with Crippen LogP contribution in [-0.2, 0) is 4.79 Å². The van der Waals surface area contributed by atoms with Gasteiger partial charge in [-0.05, 0) is 27.2 Å². The molecule has 1 amide bonds. The van der Waals surface area contributed by atoms with Gasteiger partial charge in [-0.25, -0.2) is 0 Å². The summed E-state index contributed by atoms with van der Waals surface area (Å²) in [6, 6.07) is 1.63. The lowest BCUT2D eigenvalue weighted by atomic mass is 10.1. The molecule has 0 fully saturated rings. The highest BCUT2D eigenvalue weighted by Crippen LogP contribution is 2.17. The standard InChI is InChI=1S/C15H19ClN2O2/c1-5-7-15(3,4)18-14(19)13(6-2)20-12-8-11(16)9-17-10-12/h8-10,13H,6H2,1-4H3,(H,18,19). The highest BCUT2D eigenvalue weighted by Gasteiger charge is 2.24. The average Bonchev–Trinajstić information content (AvgIpc) is 2.35. The number of aromatic nitrogens is 1. The van der Waals surface area contributed by atoms with E-state index in [-0.39, 0.29) is 5.91 Å². The fraction of sp³-hybridized carbons (Fsp3) is 0.467. The van der Waals surface area contributed by atoms with Gasteiger partial charge in [0.05, 0.1) is 16.8 Å². The van der Waals surface area contributed by atoms with E-state index in [2.05, 4.69) is 22.1 Å². The van der Waals surface area contributed by atoms with E-state index in [0.29, 0.717) is 17.2 Å². The van der Waals surface area contributed by atoms with Crippen LogP contribution in [0.2, 0.25) is 5.02 Å². The number of nitrogens with one attached hydrogen (secondary N) is 1. The molecule has 0 saturated heterocycles. The quantitative estimate of drug-likeness (QED) is 0.850. The molecule has 1 aromatic heterocycles. The van der Waals surface area contributed by atoms with Gasteiger partial charge in [0.25, 0.3) is 5.91 Å². The van der Waals surface area contributed by atoms with Crippen molar-refractivity contribution in [1.82, 2.24) is 10.3 Å². The van der Waals surface area contributed by atoms with Crippen molar-refractivity contribution in [2.45, 2.75) is 45.8 Å². The van der Waals surface area contributed by atoms with Crippen LogP contribution in [0.5, 0.6) is 5.75 Å². The highest BCUT2D eigenvalue weighted by molar-refractivity contribution is 6.30. The fourth-order valence-corrected chi connectivity index (χ4v) is 1.84. The number of carbonyl (C=O) groups is 1. The number of carbonyl (C=O) groups excluding carboxylic acids is 1. The van der Waals surface area contributed by atoms with E-state index in [9.17, 15) is 4.79 Å². The Morgan fingerprint density at radius 1 is 1.55 bits per heavy atom. The van der Waals surface area contributed by atoms with E-state index in [1.54, 1.807) is 13.0 Å². The normalized spacial score (nSPS) is 12.1. The monoisotopic (exact) mass is 294 g/mol. The molecule has 0 aliphatic heterocycles. The predicted molar refractivity (Wildman–Crippen MR) is 79.6 cm³/mol. The van der Waals surface area contributed by atoms with Gasteiger partial charge in [0.2, 0.25) is 0 Å². The second-order valence-corrected chi connectivity index (χ2v) is 5.28. The van der Waals surface area contributed by atoms with E-state index in [4.69, 9.17) is 16.3 Å². The second kappa shape index (κ2) is 7.16. The molecule has 20 heavy (non-hydrogen) atoms. The van der Waals surface area contributed by atoms with E-state index in [1.165, 1.54) is 12.4 Å². The summed E-state index contributed by atoms with van der Waals surface area (Å²) < 4.78 is 5.62. The van der Waals surface area contributed by atoms with Gasteiger partial charge in [0, 0.05) is 12.3 Å². The molecule has 1 rings (SSSR count). The van der Waals surface area contributed by atoms with Gasteiger partial charge in [-0.1, -0.05) is 24.4 Å². The lowest BCUT2D eigenvalue weighted by Crippen LogP contribution is -2.48. The first kappa shape index (κ1) is 16.3. The molecule has 1 N–H and O–H groups in total. The molecule has 1 heterocycles. The summed E-state index contributed by atoms with van der Waals surface area (Å²) in [4.78, 5) is 16.1. The Kier molecular flexibility index (Phi) is 5.84. The fourth-order valence-electron chi connectivity index (χ4n) is 1.68. The molecule has 0 radical (unpaired) electrons. The molecule has 1 unspecified atom stereocenters. The lowest BCUT2D eigenvalue weighted by Gasteiger charge is -2.24. The largest absolute Gasteiger partial charge is 0.479 e. The number of nitrogens with zero attached hydrogens (tertiary/aromatic N) is 1. The van der Waals surface area contributed by atoms with Gasteiger partial charge in [-0.3, -0.25) is 9.78 Å². The third-order valence-corrected chi connectivity index (χ3v) is 2.70. The minimum absolute atomic E-state index is 0.208. The molecule has 5 heteroatoms. The Labute approximate surface area is 124 Å². The zero-order valence-corrected chi connectivity index (χ0v) is 12.9. The first-order valence-electron chi connectivity index (χ1n) is 6.41. The predicted octanol–water partition coefficient (Wildman–Crippen LogP) is 2.81. The number of hydrogen-bond donors (Lipinski definition) is 1. The minimum atomic E-state index is -0.604. The Balaban J connectivity index is 2.75. The molecular weight excluding hydrogens is 276 g/mol. The third-order valence-electron chi connectivity index (χ3n) is 2.49. The second-order valence-electron chi connectivity index (χ2n) is 4.84. The molecule has 4 nitrogen and oxygen atoms in total. The number of amides is 1. The molecule has 0 aromatic carbocycles. The van der Waals surface area contributed by atoms with Crippen LogP contribution in [0.1, 0.15) is 34.1 Å². The Morgan fingerprint density at radius 2 is 2.25 bits per heavy atom. The van der Waals surface area contributed by atoms with Gasteiger partial charge in [0.15, 0.2) is 6.10 Å². The van der Waals surface area contributed by atoms with Crippen LogP contribution < -0.4 is 10.1 Å². The summed E-state index contributed by atoms with van der Waals surface area (Å²) in [5, 5.41) is 3.32. The Bertz CT molecular complexity index is 532. The zero-order valence-electron chi connectivity index (χ0n) is 12.2. The van der Waals surface area contributed by atoms with Crippen molar-refractivity contribution in [1.29, 1.82) is 0 Å². The summed E-state index contributed by atoms with van der Waals surface area (Å²) >= 11 is 5.84. The van der Waals surface area contributed by atoms with Crippen LogP contribution in [0.3, 0.4) is 0 Å². The molecule has 1 aromatic rings. The van der Waals surface area contributed by atoms with Crippen molar-refractivity contribution in [2.24, 2.45) is 0 Å². The van der Waals surface area contributed by atoms with Crippen molar-refractivity contribution in [3.05, 3.63) is 23.5 Å². The zero-order chi connectivity index (χ0) is 15.2. The molecule has 0 aliphatic carbocycles. The van der Waals surface area contributed by atoms with Crippen molar-refractivity contribution >= 4 is 17.5 Å². The summed E-state index contributed by atoms with van der Waals surface area (Å²) in [7, 11) is 0. The van der Waals surface area contributed by atoms with Crippen molar-refractivity contribution in [3.63, 3.8) is 0 Å². The van der Waals surface area contributed by atoms with Crippen molar-refractivity contribution in [3.8, 4) is 17.6 Å². The molecule has 0 spiro atoms. The van der Waals surface area contributed by atoms with Crippen LogP contribution >= 0.6 is 11.6 Å². The van der Waals surface area contributed by atoms with Gasteiger partial charge in [0.1, 0.15) is 5.75 Å². The first-order chi connectivity index (χ1) is 9.38. The maximum atomic E-state index is 12.2. The molecule has 0 aliphatic rings. The Hall–Kier alpha value is -1.73. The Morgan fingerprint density at radius 3 is 2.80 bits per heavy atom. The third kappa shape index (κ3) is 5.10. The summed E-state index contributed by atoms with van der Waals surface area (Å²) in [5.74, 6) is 5.99. The van der Waals surface area contributed by atoms with Gasteiger partial charge >= 0.3 is 0 Å². The van der Waals surface area contributed by atoms with E-state index < -0.39 is 11.6 Å². The summed E-state index contributed by atoms with van der Waals surface area (Å²) in [5.41, 5.74) is -0.588. The van der Waals surface area contributed by atoms with Crippen LogP contribution in [0, 0.1) is 11.8 Å².